The Hall–Kier alpha value is -0.0400. The van der Waals surface area contributed by atoms with Crippen LogP contribution in [0.4, 0.5) is 0 Å². The van der Waals surface area contributed by atoms with Crippen LogP contribution in [-0.4, -0.2) is 12.6 Å². The zero-order chi connectivity index (χ0) is 9.78. The van der Waals surface area contributed by atoms with Crippen LogP contribution in [0.15, 0.2) is 0 Å². The molecule has 1 nitrogen and oxygen atoms in total. The summed E-state index contributed by atoms with van der Waals surface area (Å²) in [6.07, 6.45) is 1.28. The maximum atomic E-state index is 3.55. The van der Waals surface area contributed by atoms with Gasteiger partial charge in [0.05, 0.1) is 0 Å². The Bertz CT molecular complexity index is 111. The Balaban J connectivity index is 3.51. The smallest absolute Gasteiger partial charge is 0.00872 e. The zero-order valence-corrected chi connectivity index (χ0v) is 9.57. The summed E-state index contributed by atoms with van der Waals surface area (Å²) in [5.41, 5.74) is 0.386. The van der Waals surface area contributed by atoms with E-state index in [2.05, 4.69) is 46.9 Å². The van der Waals surface area contributed by atoms with Crippen LogP contribution >= 0.6 is 0 Å². The molecule has 0 radical (unpaired) electrons. The van der Waals surface area contributed by atoms with Crippen molar-refractivity contribution in [2.24, 2.45) is 11.3 Å². The molecule has 1 heteroatoms. The molecule has 1 unspecified atom stereocenters. The molecule has 0 saturated heterocycles. The molecule has 0 spiro atoms. The quantitative estimate of drug-likeness (QED) is 0.685. The molecule has 1 N–H and O–H groups in total. The first-order valence-electron chi connectivity index (χ1n) is 5.07. The summed E-state index contributed by atoms with van der Waals surface area (Å²) in [6.45, 7) is 14.8. The lowest BCUT2D eigenvalue weighted by molar-refractivity contribution is 0.282. The van der Waals surface area contributed by atoms with E-state index >= 15 is 0 Å². The topological polar surface area (TPSA) is 12.0 Å². The van der Waals surface area contributed by atoms with Gasteiger partial charge in [0.1, 0.15) is 0 Å². The van der Waals surface area contributed by atoms with Crippen LogP contribution in [0.5, 0.6) is 0 Å². The van der Waals surface area contributed by atoms with Crippen molar-refractivity contribution in [3.05, 3.63) is 0 Å². The molecule has 74 valence electrons. The highest BCUT2D eigenvalue weighted by Crippen LogP contribution is 2.18. The minimum absolute atomic E-state index is 0.386. The van der Waals surface area contributed by atoms with Crippen LogP contribution < -0.4 is 5.32 Å². The van der Waals surface area contributed by atoms with E-state index in [-0.39, 0.29) is 0 Å². The van der Waals surface area contributed by atoms with E-state index in [9.17, 15) is 0 Å². The summed E-state index contributed by atoms with van der Waals surface area (Å²) in [5.74, 6) is 0.810. The summed E-state index contributed by atoms with van der Waals surface area (Å²) in [7, 11) is 0. The number of hydrogen-bond donors (Lipinski definition) is 1. The average molecular weight is 171 g/mol. The van der Waals surface area contributed by atoms with Crippen LogP contribution in [0.2, 0.25) is 0 Å². The van der Waals surface area contributed by atoms with E-state index in [0.717, 1.165) is 12.5 Å². The van der Waals surface area contributed by atoms with Gasteiger partial charge in [-0.2, -0.15) is 0 Å². The van der Waals surface area contributed by atoms with Gasteiger partial charge in [-0.05, 0) is 31.2 Å². The summed E-state index contributed by atoms with van der Waals surface area (Å²) < 4.78 is 0. The molecule has 0 aliphatic carbocycles. The molecule has 0 amide bonds. The summed E-state index contributed by atoms with van der Waals surface area (Å²) >= 11 is 0. The molecule has 0 aromatic carbocycles. The molecular formula is C11H25N. The van der Waals surface area contributed by atoms with Gasteiger partial charge in [0.15, 0.2) is 0 Å². The highest BCUT2D eigenvalue weighted by Gasteiger charge is 2.18. The van der Waals surface area contributed by atoms with Crippen molar-refractivity contribution in [1.29, 1.82) is 0 Å². The van der Waals surface area contributed by atoms with E-state index in [1.165, 1.54) is 6.42 Å². The number of rotatable bonds is 4. The summed E-state index contributed by atoms with van der Waals surface area (Å²) in [6, 6.07) is 0.608. The molecule has 0 aromatic heterocycles. The molecule has 0 saturated carbocycles. The van der Waals surface area contributed by atoms with E-state index < -0.39 is 0 Å². The predicted molar refractivity (Wildman–Crippen MR) is 56.4 cm³/mol. The van der Waals surface area contributed by atoms with E-state index in [0.29, 0.717) is 11.5 Å². The molecule has 0 heterocycles. The molecule has 0 aliphatic rings. The zero-order valence-electron chi connectivity index (χ0n) is 9.57. The van der Waals surface area contributed by atoms with E-state index in [4.69, 9.17) is 0 Å². The SMILES string of the molecule is CC(C)CCNC(C)C(C)(C)C. The van der Waals surface area contributed by atoms with Crippen molar-refractivity contribution >= 4 is 0 Å². The minimum atomic E-state index is 0.386. The number of hydrogen-bond acceptors (Lipinski definition) is 1. The fraction of sp³-hybridized carbons (Fsp3) is 1.00. The minimum Gasteiger partial charge on any atom is -0.314 e. The van der Waals surface area contributed by atoms with Crippen molar-refractivity contribution in [2.75, 3.05) is 6.54 Å². The molecule has 0 bridgehead atoms. The fourth-order valence-corrected chi connectivity index (χ4v) is 0.895. The van der Waals surface area contributed by atoms with Crippen molar-refractivity contribution in [3.63, 3.8) is 0 Å². The lowest BCUT2D eigenvalue weighted by atomic mass is 9.88. The van der Waals surface area contributed by atoms with Gasteiger partial charge in [-0.1, -0.05) is 34.6 Å². The lowest BCUT2D eigenvalue weighted by Gasteiger charge is -2.28. The van der Waals surface area contributed by atoms with E-state index in [1.54, 1.807) is 0 Å². The van der Waals surface area contributed by atoms with Crippen molar-refractivity contribution in [2.45, 2.75) is 54.0 Å². The van der Waals surface area contributed by atoms with Gasteiger partial charge in [0.25, 0.3) is 0 Å². The molecule has 0 aromatic rings. The molecule has 1 atom stereocenters. The highest BCUT2D eigenvalue weighted by atomic mass is 14.9. The molecular weight excluding hydrogens is 146 g/mol. The second kappa shape index (κ2) is 4.86. The van der Waals surface area contributed by atoms with Crippen LogP contribution in [0.1, 0.15) is 48.0 Å². The molecule has 0 aliphatic heterocycles. The maximum Gasteiger partial charge on any atom is 0.00872 e. The maximum absolute atomic E-state index is 3.55. The number of nitrogens with one attached hydrogen (secondary N) is 1. The van der Waals surface area contributed by atoms with E-state index in [1.807, 2.05) is 0 Å². The predicted octanol–water partition coefficient (Wildman–Crippen LogP) is 3.06. The van der Waals surface area contributed by atoms with Crippen molar-refractivity contribution < 1.29 is 0 Å². The summed E-state index contributed by atoms with van der Waals surface area (Å²) in [4.78, 5) is 0. The van der Waals surface area contributed by atoms with Gasteiger partial charge >= 0.3 is 0 Å². The Kier molecular flexibility index (Phi) is 4.84. The molecule has 0 fully saturated rings. The first kappa shape index (κ1) is 12.0. The standard InChI is InChI=1S/C11H25N/c1-9(2)7-8-12-10(3)11(4,5)6/h9-10,12H,7-8H2,1-6H3. The Morgan fingerprint density at radius 3 is 1.92 bits per heavy atom. The van der Waals surface area contributed by atoms with Gasteiger partial charge < -0.3 is 5.32 Å². The monoisotopic (exact) mass is 171 g/mol. The highest BCUT2D eigenvalue weighted by molar-refractivity contribution is 4.75. The lowest BCUT2D eigenvalue weighted by Crippen LogP contribution is -2.38. The second-order valence-electron chi connectivity index (χ2n) is 5.22. The van der Waals surface area contributed by atoms with Crippen molar-refractivity contribution in [3.8, 4) is 0 Å². The Morgan fingerprint density at radius 2 is 1.58 bits per heavy atom. The van der Waals surface area contributed by atoms with Gasteiger partial charge in [-0.15, -0.1) is 0 Å². The Morgan fingerprint density at radius 1 is 1.08 bits per heavy atom. The van der Waals surface area contributed by atoms with Crippen molar-refractivity contribution in [1.82, 2.24) is 5.32 Å². The van der Waals surface area contributed by atoms with Gasteiger partial charge in [0.2, 0.25) is 0 Å². The van der Waals surface area contributed by atoms with Gasteiger partial charge in [-0.25, -0.2) is 0 Å². The molecule has 0 rings (SSSR count). The normalized spacial score (nSPS) is 15.2. The first-order chi connectivity index (χ1) is 5.34. The van der Waals surface area contributed by atoms with Gasteiger partial charge in [0, 0.05) is 6.04 Å². The van der Waals surface area contributed by atoms with Crippen LogP contribution in [0.25, 0.3) is 0 Å². The second-order valence-corrected chi connectivity index (χ2v) is 5.22. The largest absolute Gasteiger partial charge is 0.314 e. The van der Waals surface area contributed by atoms with Crippen LogP contribution in [0.3, 0.4) is 0 Å². The first-order valence-corrected chi connectivity index (χ1v) is 5.07. The fourth-order valence-electron chi connectivity index (χ4n) is 0.895. The summed E-state index contributed by atoms with van der Waals surface area (Å²) in [5, 5.41) is 3.55. The molecule has 12 heavy (non-hydrogen) atoms. The Labute approximate surface area is 77.9 Å². The average Bonchev–Trinajstić information content (AvgIpc) is 1.84. The third kappa shape index (κ3) is 5.59. The van der Waals surface area contributed by atoms with Crippen LogP contribution in [-0.2, 0) is 0 Å². The third-order valence-electron chi connectivity index (χ3n) is 2.47. The van der Waals surface area contributed by atoms with Crippen LogP contribution in [0, 0.1) is 11.3 Å². The van der Waals surface area contributed by atoms with Gasteiger partial charge in [-0.3, -0.25) is 0 Å². The third-order valence-corrected chi connectivity index (χ3v) is 2.47.